The Morgan fingerprint density at radius 2 is 1.86 bits per heavy atom. The standard InChI is InChI=1S/C26H26N4O4S/c1-26(2,27)25(33)30(3)17-10-8-16(9-11-17)28-22(20-6-5-13-35-20)21-18-12-7-15(24(32)34-4)14-19(18)29-23(21)31/h5-14,29,31H,27H2,1-4H3. The second-order valence-corrected chi connectivity index (χ2v) is 9.59. The monoisotopic (exact) mass is 490 g/mol. The Labute approximate surface area is 206 Å². The minimum absolute atomic E-state index is 0.0544. The number of rotatable bonds is 6. The van der Waals surface area contributed by atoms with Crippen molar-refractivity contribution < 1.29 is 19.4 Å². The summed E-state index contributed by atoms with van der Waals surface area (Å²) in [5.41, 5.74) is 8.36. The smallest absolute Gasteiger partial charge is 0.337 e. The normalized spacial score (nSPS) is 12.1. The molecule has 180 valence electrons. The Hall–Kier alpha value is -3.95. The van der Waals surface area contributed by atoms with Gasteiger partial charge in [0, 0.05) is 23.6 Å². The number of methoxy groups -OCH3 is 1. The van der Waals surface area contributed by atoms with Gasteiger partial charge in [0.2, 0.25) is 5.91 Å². The summed E-state index contributed by atoms with van der Waals surface area (Å²) in [6.07, 6.45) is 0. The van der Waals surface area contributed by atoms with Gasteiger partial charge >= 0.3 is 5.97 Å². The summed E-state index contributed by atoms with van der Waals surface area (Å²) in [6, 6.07) is 16.1. The highest BCUT2D eigenvalue weighted by atomic mass is 32.1. The van der Waals surface area contributed by atoms with E-state index in [1.807, 2.05) is 17.5 Å². The number of thiophene rings is 1. The molecule has 4 rings (SSSR count). The lowest BCUT2D eigenvalue weighted by molar-refractivity contribution is -0.122. The predicted molar refractivity (Wildman–Crippen MR) is 139 cm³/mol. The number of carbonyl (C=O) groups excluding carboxylic acids is 2. The molecule has 0 spiro atoms. The van der Waals surface area contributed by atoms with E-state index >= 15 is 0 Å². The van der Waals surface area contributed by atoms with Gasteiger partial charge in [-0.1, -0.05) is 12.1 Å². The van der Waals surface area contributed by atoms with E-state index in [1.165, 1.54) is 23.3 Å². The summed E-state index contributed by atoms with van der Waals surface area (Å²) in [4.78, 5) is 34.6. The zero-order valence-electron chi connectivity index (χ0n) is 19.8. The molecule has 9 heteroatoms. The van der Waals surface area contributed by atoms with E-state index in [-0.39, 0.29) is 11.8 Å². The Balaban J connectivity index is 1.78. The van der Waals surface area contributed by atoms with Gasteiger partial charge in [0.1, 0.15) is 0 Å². The number of nitrogens with two attached hydrogens (primary N) is 1. The summed E-state index contributed by atoms with van der Waals surface area (Å²) in [6.45, 7) is 3.33. The number of likely N-dealkylation sites (N-methyl/N-ethyl adjacent to an activating group) is 1. The maximum absolute atomic E-state index is 12.5. The number of aromatic nitrogens is 1. The molecular weight excluding hydrogens is 464 g/mol. The van der Waals surface area contributed by atoms with Crippen molar-refractivity contribution in [3.8, 4) is 5.88 Å². The Morgan fingerprint density at radius 1 is 1.14 bits per heavy atom. The third-order valence-electron chi connectivity index (χ3n) is 5.53. The lowest BCUT2D eigenvalue weighted by atomic mass is 10.0. The largest absolute Gasteiger partial charge is 0.494 e. The van der Waals surface area contributed by atoms with Crippen molar-refractivity contribution in [1.29, 1.82) is 0 Å². The molecule has 0 saturated heterocycles. The third-order valence-corrected chi connectivity index (χ3v) is 6.40. The van der Waals surface area contributed by atoms with Crippen molar-refractivity contribution in [3.63, 3.8) is 0 Å². The van der Waals surface area contributed by atoms with E-state index in [0.717, 1.165) is 10.3 Å². The highest BCUT2D eigenvalue weighted by Crippen LogP contribution is 2.33. The summed E-state index contributed by atoms with van der Waals surface area (Å²) >= 11 is 1.50. The number of hydrogen-bond donors (Lipinski definition) is 3. The van der Waals surface area contributed by atoms with Crippen LogP contribution in [0, 0.1) is 0 Å². The first kappa shape index (κ1) is 24.2. The van der Waals surface area contributed by atoms with Crippen LogP contribution in [0.25, 0.3) is 10.9 Å². The number of ether oxygens (including phenoxy) is 1. The lowest BCUT2D eigenvalue weighted by Crippen LogP contribution is -2.49. The summed E-state index contributed by atoms with van der Waals surface area (Å²) in [5, 5.41) is 13.5. The maximum atomic E-state index is 12.5. The molecule has 2 aromatic heterocycles. The van der Waals surface area contributed by atoms with Gasteiger partial charge in [-0.2, -0.15) is 0 Å². The van der Waals surface area contributed by atoms with Gasteiger partial charge < -0.3 is 25.5 Å². The molecule has 0 bridgehead atoms. The quantitative estimate of drug-likeness (QED) is 0.270. The van der Waals surface area contributed by atoms with Gasteiger partial charge in [0.15, 0.2) is 5.88 Å². The number of nitrogens with one attached hydrogen (secondary N) is 1. The first-order valence-electron chi connectivity index (χ1n) is 10.8. The van der Waals surface area contributed by atoms with E-state index in [0.29, 0.717) is 33.7 Å². The fraction of sp³-hybridized carbons (Fsp3) is 0.192. The summed E-state index contributed by atoms with van der Waals surface area (Å²) in [7, 11) is 3.00. The molecule has 0 unspecified atom stereocenters. The number of esters is 1. The van der Waals surface area contributed by atoms with Crippen LogP contribution in [0.5, 0.6) is 5.88 Å². The first-order valence-corrected chi connectivity index (χ1v) is 11.7. The number of nitrogens with zero attached hydrogens (tertiary/aromatic N) is 2. The number of aliphatic imine (C=N–C) groups is 1. The number of amides is 1. The van der Waals surface area contributed by atoms with Gasteiger partial charge in [0.05, 0.1) is 40.1 Å². The van der Waals surface area contributed by atoms with Crippen LogP contribution in [0.3, 0.4) is 0 Å². The molecule has 4 aromatic rings. The number of fused-ring (bicyclic) bond motifs is 1. The summed E-state index contributed by atoms with van der Waals surface area (Å²) < 4.78 is 4.80. The van der Waals surface area contributed by atoms with Crippen molar-refractivity contribution in [1.82, 2.24) is 4.98 Å². The first-order chi connectivity index (χ1) is 16.6. The Bertz CT molecular complexity index is 1410. The van der Waals surface area contributed by atoms with Crippen LogP contribution in [-0.4, -0.2) is 47.4 Å². The second-order valence-electron chi connectivity index (χ2n) is 8.64. The van der Waals surface area contributed by atoms with Crippen molar-refractivity contribution in [2.24, 2.45) is 10.7 Å². The van der Waals surface area contributed by atoms with E-state index < -0.39 is 11.5 Å². The number of carbonyl (C=O) groups is 2. The number of aromatic amines is 1. The van der Waals surface area contributed by atoms with Crippen molar-refractivity contribution in [2.75, 3.05) is 19.1 Å². The van der Waals surface area contributed by atoms with Crippen LogP contribution in [0.15, 0.2) is 65.0 Å². The molecule has 0 fully saturated rings. The third kappa shape index (κ3) is 4.82. The van der Waals surface area contributed by atoms with Gasteiger partial charge in [-0.3, -0.25) is 4.79 Å². The summed E-state index contributed by atoms with van der Waals surface area (Å²) in [5.74, 6) is -0.722. The molecule has 0 aliphatic rings. The van der Waals surface area contributed by atoms with E-state index in [9.17, 15) is 14.7 Å². The molecule has 2 heterocycles. The van der Waals surface area contributed by atoms with Crippen LogP contribution in [0.2, 0.25) is 0 Å². The molecule has 4 N–H and O–H groups in total. The van der Waals surface area contributed by atoms with Crippen LogP contribution >= 0.6 is 11.3 Å². The van der Waals surface area contributed by atoms with Gasteiger partial charge in [-0.15, -0.1) is 11.3 Å². The van der Waals surface area contributed by atoms with Crippen LogP contribution in [0.4, 0.5) is 11.4 Å². The molecule has 0 atom stereocenters. The number of H-pyrrole nitrogens is 1. The molecule has 8 nitrogen and oxygen atoms in total. The number of aromatic hydroxyl groups is 1. The SMILES string of the molecule is COC(=O)c1ccc2c(C(=Nc3ccc(N(C)C(=O)C(C)(C)N)cc3)c3cccs3)c(O)[nH]c2c1. The lowest BCUT2D eigenvalue weighted by Gasteiger charge is -2.25. The molecule has 0 aliphatic heterocycles. The van der Waals surface area contributed by atoms with Crippen LogP contribution < -0.4 is 10.6 Å². The highest BCUT2D eigenvalue weighted by molar-refractivity contribution is 7.12. The minimum atomic E-state index is -0.988. The fourth-order valence-electron chi connectivity index (χ4n) is 3.74. The minimum Gasteiger partial charge on any atom is -0.494 e. The highest BCUT2D eigenvalue weighted by Gasteiger charge is 2.26. The number of benzene rings is 2. The van der Waals surface area contributed by atoms with Crippen LogP contribution in [0.1, 0.15) is 34.6 Å². The van der Waals surface area contributed by atoms with E-state index in [2.05, 4.69) is 4.98 Å². The number of hydrogen-bond acceptors (Lipinski definition) is 7. The van der Waals surface area contributed by atoms with E-state index in [4.69, 9.17) is 15.5 Å². The van der Waals surface area contributed by atoms with E-state index in [1.54, 1.807) is 63.4 Å². The topological polar surface area (TPSA) is 121 Å². The zero-order chi connectivity index (χ0) is 25.3. The van der Waals surface area contributed by atoms with Crippen LogP contribution in [-0.2, 0) is 9.53 Å². The maximum Gasteiger partial charge on any atom is 0.337 e. The molecule has 0 aliphatic carbocycles. The molecule has 1 amide bonds. The average molecular weight is 491 g/mol. The van der Waals surface area contributed by atoms with Gasteiger partial charge in [-0.25, -0.2) is 9.79 Å². The molecule has 0 saturated carbocycles. The molecule has 35 heavy (non-hydrogen) atoms. The van der Waals surface area contributed by atoms with Crippen molar-refractivity contribution in [3.05, 3.63) is 76.0 Å². The molecule has 0 radical (unpaired) electrons. The average Bonchev–Trinajstić information content (AvgIpc) is 3.48. The second kappa shape index (κ2) is 9.36. The molecular formula is C26H26N4O4S. The number of anilines is 1. The zero-order valence-corrected chi connectivity index (χ0v) is 20.6. The predicted octanol–water partition coefficient (Wildman–Crippen LogP) is 4.59. The Kier molecular flexibility index (Phi) is 6.47. The fourth-order valence-corrected chi connectivity index (χ4v) is 4.46. The molecule has 2 aromatic carbocycles. The van der Waals surface area contributed by atoms with Crippen molar-refractivity contribution in [2.45, 2.75) is 19.4 Å². The van der Waals surface area contributed by atoms with Gasteiger partial charge in [-0.05, 0) is 61.7 Å². The van der Waals surface area contributed by atoms with Crippen molar-refractivity contribution >= 4 is 51.2 Å². The van der Waals surface area contributed by atoms with Gasteiger partial charge in [0.25, 0.3) is 0 Å². The Morgan fingerprint density at radius 3 is 2.46 bits per heavy atom.